The first kappa shape index (κ1) is 12.3. The minimum Gasteiger partial charge on any atom is -0.454 e. The van der Waals surface area contributed by atoms with Crippen LogP contribution in [0.4, 0.5) is 17.8 Å². The molecule has 8 nitrogen and oxygen atoms in total. The second kappa shape index (κ2) is 4.72. The zero-order valence-corrected chi connectivity index (χ0v) is 10.9. The van der Waals surface area contributed by atoms with E-state index in [1.54, 1.807) is 0 Å². The molecule has 0 saturated carbocycles. The Kier molecular flexibility index (Phi) is 2.90. The molecule has 1 aliphatic rings. The highest BCUT2D eigenvalue weighted by Crippen LogP contribution is 2.32. The molecule has 4 N–H and O–H groups in total. The van der Waals surface area contributed by atoms with Gasteiger partial charge in [-0.25, -0.2) is 0 Å². The van der Waals surface area contributed by atoms with Gasteiger partial charge in [-0.3, -0.25) is 0 Å². The summed E-state index contributed by atoms with van der Waals surface area (Å²) in [6.07, 6.45) is 0. The fourth-order valence-corrected chi connectivity index (χ4v) is 1.95. The summed E-state index contributed by atoms with van der Waals surface area (Å²) in [7, 11) is 1.85. The molecule has 0 amide bonds. The van der Waals surface area contributed by atoms with Crippen LogP contribution in [0.5, 0.6) is 11.5 Å². The first-order chi connectivity index (χ1) is 9.61. The fraction of sp³-hybridized carbons (Fsp3) is 0.250. The van der Waals surface area contributed by atoms with Gasteiger partial charge in [-0.05, 0) is 17.7 Å². The normalized spacial score (nSPS) is 12.4. The summed E-state index contributed by atoms with van der Waals surface area (Å²) in [5.74, 6) is 2.12. The van der Waals surface area contributed by atoms with E-state index in [1.807, 2.05) is 30.1 Å². The van der Waals surface area contributed by atoms with E-state index in [4.69, 9.17) is 20.9 Å². The summed E-state index contributed by atoms with van der Waals surface area (Å²) in [5.41, 5.74) is 12.2. The summed E-state index contributed by atoms with van der Waals surface area (Å²) in [5, 5.41) is 0. The fourth-order valence-electron chi connectivity index (χ4n) is 1.95. The molecule has 2 heterocycles. The third kappa shape index (κ3) is 2.35. The van der Waals surface area contributed by atoms with E-state index in [0.717, 1.165) is 17.1 Å². The molecule has 0 unspecified atom stereocenters. The number of ether oxygens (including phenoxy) is 2. The number of nitrogens with two attached hydrogens (primary N) is 2. The van der Waals surface area contributed by atoms with Gasteiger partial charge >= 0.3 is 0 Å². The van der Waals surface area contributed by atoms with Crippen molar-refractivity contribution < 1.29 is 9.47 Å². The van der Waals surface area contributed by atoms with Gasteiger partial charge < -0.3 is 25.8 Å². The van der Waals surface area contributed by atoms with Gasteiger partial charge in [0.1, 0.15) is 0 Å². The Balaban J connectivity index is 1.80. The Labute approximate surface area is 115 Å². The molecule has 0 atom stereocenters. The van der Waals surface area contributed by atoms with Crippen LogP contribution in [-0.4, -0.2) is 28.8 Å². The quantitative estimate of drug-likeness (QED) is 0.827. The monoisotopic (exact) mass is 274 g/mol. The Morgan fingerprint density at radius 3 is 2.55 bits per heavy atom. The van der Waals surface area contributed by atoms with E-state index in [-0.39, 0.29) is 18.7 Å². The van der Waals surface area contributed by atoms with Crippen LogP contribution in [0.1, 0.15) is 5.56 Å². The molecule has 0 saturated heterocycles. The van der Waals surface area contributed by atoms with Crippen molar-refractivity contribution in [3.05, 3.63) is 23.8 Å². The molecule has 1 aromatic heterocycles. The molecule has 20 heavy (non-hydrogen) atoms. The molecule has 104 valence electrons. The number of anilines is 3. The van der Waals surface area contributed by atoms with Gasteiger partial charge in [-0.2, -0.15) is 15.0 Å². The SMILES string of the molecule is CN(Cc1ccc2c(c1)OCO2)c1nc(N)nc(N)n1. The molecule has 0 spiro atoms. The van der Waals surface area contributed by atoms with Gasteiger partial charge in [0.05, 0.1) is 0 Å². The summed E-state index contributed by atoms with van der Waals surface area (Å²) in [6.45, 7) is 0.842. The largest absolute Gasteiger partial charge is 0.454 e. The van der Waals surface area contributed by atoms with Gasteiger partial charge in [0.2, 0.25) is 24.6 Å². The lowest BCUT2D eigenvalue weighted by Gasteiger charge is -2.17. The molecule has 3 rings (SSSR count). The first-order valence-electron chi connectivity index (χ1n) is 5.98. The summed E-state index contributed by atoms with van der Waals surface area (Å²) in [4.78, 5) is 13.7. The number of fused-ring (bicyclic) bond motifs is 1. The predicted octanol–water partition coefficient (Wildman–Crippen LogP) is 0.401. The molecule has 2 aromatic rings. The van der Waals surface area contributed by atoms with Crippen molar-refractivity contribution in [3.8, 4) is 11.5 Å². The topological polar surface area (TPSA) is 112 Å². The third-order valence-electron chi connectivity index (χ3n) is 2.86. The molecule has 1 aliphatic heterocycles. The van der Waals surface area contributed by atoms with Crippen LogP contribution in [0.2, 0.25) is 0 Å². The van der Waals surface area contributed by atoms with Crippen LogP contribution >= 0.6 is 0 Å². The highest BCUT2D eigenvalue weighted by molar-refractivity contribution is 5.46. The Morgan fingerprint density at radius 2 is 1.80 bits per heavy atom. The minimum atomic E-state index is 0.102. The number of hydrogen-bond donors (Lipinski definition) is 2. The summed E-state index contributed by atoms with van der Waals surface area (Å²) < 4.78 is 10.6. The van der Waals surface area contributed by atoms with Gasteiger partial charge in [0, 0.05) is 13.6 Å². The molecule has 0 fully saturated rings. The van der Waals surface area contributed by atoms with Crippen LogP contribution in [-0.2, 0) is 6.54 Å². The van der Waals surface area contributed by atoms with Crippen LogP contribution in [0.3, 0.4) is 0 Å². The van der Waals surface area contributed by atoms with Crippen molar-refractivity contribution in [2.45, 2.75) is 6.54 Å². The second-order valence-electron chi connectivity index (χ2n) is 4.40. The Bertz CT molecular complexity index is 628. The van der Waals surface area contributed by atoms with Crippen molar-refractivity contribution in [2.75, 3.05) is 30.2 Å². The molecule has 0 radical (unpaired) electrons. The number of nitrogen functional groups attached to an aromatic ring is 2. The maximum Gasteiger partial charge on any atom is 0.231 e. The van der Waals surface area contributed by atoms with Crippen molar-refractivity contribution >= 4 is 17.8 Å². The van der Waals surface area contributed by atoms with Gasteiger partial charge in [0.15, 0.2) is 11.5 Å². The molecular weight excluding hydrogens is 260 g/mol. The van der Waals surface area contributed by atoms with Gasteiger partial charge in [-0.15, -0.1) is 0 Å². The van der Waals surface area contributed by atoms with E-state index in [1.165, 1.54) is 0 Å². The highest BCUT2D eigenvalue weighted by atomic mass is 16.7. The van der Waals surface area contributed by atoms with E-state index in [9.17, 15) is 0 Å². The van der Waals surface area contributed by atoms with Crippen LogP contribution < -0.4 is 25.8 Å². The minimum absolute atomic E-state index is 0.102. The summed E-state index contributed by atoms with van der Waals surface area (Å²) >= 11 is 0. The first-order valence-corrected chi connectivity index (χ1v) is 5.98. The van der Waals surface area contributed by atoms with Crippen LogP contribution in [0.15, 0.2) is 18.2 Å². The maximum atomic E-state index is 5.56. The number of nitrogens with zero attached hydrogens (tertiary/aromatic N) is 4. The lowest BCUT2D eigenvalue weighted by Crippen LogP contribution is -2.20. The highest BCUT2D eigenvalue weighted by Gasteiger charge is 2.15. The standard InChI is InChI=1S/C12H14N6O2/c1-18(12-16-10(13)15-11(14)17-12)5-7-2-3-8-9(4-7)20-6-19-8/h2-4H,5-6H2,1H3,(H4,13,14,15,16,17). The van der Waals surface area contributed by atoms with Gasteiger partial charge in [-0.1, -0.05) is 6.07 Å². The van der Waals surface area contributed by atoms with E-state index < -0.39 is 0 Å². The maximum absolute atomic E-state index is 5.56. The van der Waals surface area contributed by atoms with Gasteiger partial charge in [0.25, 0.3) is 0 Å². The van der Waals surface area contributed by atoms with Crippen molar-refractivity contribution in [1.82, 2.24) is 15.0 Å². The molecule has 0 bridgehead atoms. The van der Waals surface area contributed by atoms with E-state index >= 15 is 0 Å². The number of hydrogen-bond acceptors (Lipinski definition) is 8. The third-order valence-corrected chi connectivity index (χ3v) is 2.86. The Morgan fingerprint density at radius 1 is 1.10 bits per heavy atom. The predicted molar refractivity (Wildman–Crippen MR) is 73.3 cm³/mol. The molecule has 1 aromatic carbocycles. The summed E-state index contributed by atoms with van der Waals surface area (Å²) in [6, 6.07) is 5.76. The molecule has 8 heteroatoms. The van der Waals surface area contributed by atoms with Crippen molar-refractivity contribution in [1.29, 1.82) is 0 Å². The average molecular weight is 274 g/mol. The second-order valence-corrected chi connectivity index (χ2v) is 4.40. The van der Waals surface area contributed by atoms with Crippen LogP contribution in [0, 0.1) is 0 Å². The number of aromatic nitrogens is 3. The van der Waals surface area contributed by atoms with E-state index in [2.05, 4.69) is 15.0 Å². The smallest absolute Gasteiger partial charge is 0.231 e. The zero-order valence-electron chi connectivity index (χ0n) is 10.9. The number of benzene rings is 1. The molecule has 0 aliphatic carbocycles. The van der Waals surface area contributed by atoms with Crippen molar-refractivity contribution in [3.63, 3.8) is 0 Å². The van der Waals surface area contributed by atoms with Crippen molar-refractivity contribution in [2.24, 2.45) is 0 Å². The van der Waals surface area contributed by atoms with E-state index in [0.29, 0.717) is 12.5 Å². The molecular formula is C12H14N6O2. The lowest BCUT2D eigenvalue weighted by atomic mass is 10.2. The Hall–Kier alpha value is -2.77. The average Bonchev–Trinajstić information content (AvgIpc) is 2.85. The number of rotatable bonds is 3. The zero-order chi connectivity index (χ0) is 14.1. The lowest BCUT2D eigenvalue weighted by molar-refractivity contribution is 0.174. The van der Waals surface area contributed by atoms with Crippen LogP contribution in [0.25, 0.3) is 0 Å².